The molecule has 1 aliphatic heterocycles. The van der Waals surface area contributed by atoms with Gasteiger partial charge in [0.25, 0.3) is 0 Å². The molecule has 1 fully saturated rings. The van der Waals surface area contributed by atoms with Crippen LogP contribution in [0.5, 0.6) is 0 Å². The van der Waals surface area contributed by atoms with Gasteiger partial charge in [0.15, 0.2) is 0 Å². The minimum Gasteiger partial charge on any atom is -0.311 e. The molecule has 0 aliphatic carbocycles. The van der Waals surface area contributed by atoms with E-state index in [1.807, 2.05) is 0 Å². The van der Waals surface area contributed by atoms with E-state index in [9.17, 15) is 0 Å². The number of nitrogens with zero attached hydrogens (tertiary/aromatic N) is 3. The Labute approximate surface area is 123 Å². The van der Waals surface area contributed by atoms with Gasteiger partial charge in [-0.15, -0.1) is 0 Å². The highest BCUT2D eigenvalue weighted by molar-refractivity contribution is 5.11. The Balaban J connectivity index is 1.96. The van der Waals surface area contributed by atoms with E-state index in [-0.39, 0.29) is 0 Å². The molecule has 4 nitrogen and oxygen atoms in total. The molecular formula is C16H28N4. The average Bonchev–Trinajstić information content (AvgIpc) is 2.43. The van der Waals surface area contributed by atoms with Gasteiger partial charge in [-0.05, 0) is 39.6 Å². The zero-order valence-corrected chi connectivity index (χ0v) is 13.3. The normalized spacial score (nSPS) is 25.0. The zero-order valence-electron chi connectivity index (χ0n) is 13.3. The lowest BCUT2D eigenvalue weighted by atomic mass is 10.1. The van der Waals surface area contributed by atoms with Gasteiger partial charge in [-0.25, -0.2) is 0 Å². The Morgan fingerprint density at radius 1 is 1.20 bits per heavy atom. The molecule has 0 saturated carbocycles. The van der Waals surface area contributed by atoms with Crippen molar-refractivity contribution in [2.45, 2.75) is 45.9 Å². The van der Waals surface area contributed by atoms with E-state index in [0.717, 1.165) is 38.4 Å². The molecule has 0 amide bonds. The van der Waals surface area contributed by atoms with E-state index in [4.69, 9.17) is 4.98 Å². The zero-order chi connectivity index (χ0) is 14.5. The van der Waals surface area contributed by atoms with Gasteiger partial charge < -0.3 is 5.32 Å². The van der Waals surface area contributed by atoms with Gasteiger partial charge in [0.05, 0.1) is 11.4 Å². The summed E-state index contributed by atoms with van der Waals surface area (Å²) >= 11 is 0. The van der Waals surface area contributed by atoms with E-state index < -0.39 is 0 Å². The third-order valence-corrected chi connectivity index (χ3v) is 4.24. The van der Waals surface area contributed by atoms with Crippen LogP contribution in [0.3, 0.4) is 0 Å². The minimum absolute atomic E-state index is 0.615. The molecule has 20 heavy (non-hydrogen) atoms. The maximum Gasteiger partial charge on any atom is 0.0547 e. The molecule has 4 heteroatoms. The highest BCUT2D eigenvalue weighted by Crippen LogP contribution is 2.15. The van der Waals surface area contributed by atoms with Crippen LogP contribution in [0.25, 0.3) is 0 Å². The van der Waals surface area contributed by atoms with Crippen LogP contribution in [-0.2, 0) is 13.1 Å². The molecule has 0 aromatic carbocycles. The van der Waals surface area contributed by atoms with Crippen LogP contribution < -0.4 is 5.32 Å². The number of rotatable bonds is 5. The molecule has 2 unspecified atom stereocenters. The number of piperazine rings is 1. The van der Waals surface area contributed by atoms with Crippen LogP contribution in [0.4, 0.5) is 0 Å². The van der Waals surface area contributed by atoms with Gasteiger partial charge in [0, 0.05) is 38.3 Å². The first kappa shape index (κ1) is 15.4. The SMILES string of the molecule is CCNCc1cccc(CN2CC(C)N(C)C(C)C2)n1. The predicted octanol–water partition coefficient (Wildman–Crippen LogP) is 1.72. The summed E-state index contributed by atoms with van der Waals surface area (Å²) in [5, 5.41) is 3.33. The van der Waals surface area contributed by atoms with Crippen molar-refractivity contribution in [2.75, 3.05) is 26.7 Å². The van der Waals surface area contributed by atoms with Crippen molar-refractivity contribution >= 4 is 0 Å². The van der Waals surface area contributed by atoms with Crippen molar-refractivity contribution < 1.29 is 0 Å². The van der Waals surface area contributed by atoms with Crippen LogP contribution in [0.1, 0.15) is 32.2 Å². The smallest absolute Gasteiger partial charge is 0.0547 e. The topological polar surface area (TPSA) is 31.4 Å². The van der Waals surface area contributed by atoms with Crippen molar-refractivity contribution in [1.82, 2.24) is 20.1 Å². The molecule has 1 saturated heterocycles. The van der Waals surface area contributed by atoms with Gasteiger partial charge in [0.1, 0.15) is 0 Å². The number of pyridine rings is 1. The lowest BCUT2D eigenvalue weighted by Crippen LogP contribution is -2.54. The van der Waals surface area contributed by atoms with Gasteiger partial charge in [-0.3, -0.25) is 14.8 Å². The first-order valence-corrected chi connectivity index (χ1v) is 7.70. The van der Waals surface area contributed by atoms with Crippen molar-refractivity contribution in [3.05, 3.63) is 29.6 Å². The largest absolute Gasteiger partial charge is 0.311 e. The lowest BCUT2D eigenvalue weighted by molar-refractivity contribution is 0.0549. The number of hydrogen-bond donors (Lipinski definition) is 1. The second-order valence-electron chi connectivity index (χ2n) is 5.96. The molecule has 1 aromatic rings. The first-order chi connectivity index (χ1) is 9.60. The van der Waals surface area contributed by atoms with Gasteiger partial charge in [0.2, 0.25) is 0 Å². The second-order valence-corrected chi connectivity index (χ2v) is 5.96. The summed E-state index contributed by atoms with van der Waals surface area (Å²) in [7, 11) is 2.22. The molecule has 0 spiro atoms. The van der Waals surface area contributed by atoms with Crippen LogP contribution in [0.15, 0.2) is 18.2 Å². The summed E-state index contributed by atoms with van der Waals surface area (Å²) in [6.45, 7) is 11.8. The lowest BCUT2D eigenvalue weighted by Gasteiger charge is -2.42. The molecule has 2 atom stereocenters. The molecule has 0 radical (unpaired) electrons. The molecule has 1 aromatic heterocycles. The number of aromatic nitrogens is 1. The fraction of sp³-hybridized carbons (Fsp3) is 0.688. The van der Waals surface area contributed by atoms with E-state index in [1.165, 1.54) is 5.69 Å². The Hall–Kier alpha value is -0.970. The summed E-state index contributed by atoms with van der Waals surface area (Å²) in [6, 6.07) is 7.59. The first-order valence-electron chi connectivity index (χ1n) is 7.70. The van der Waals surface area contributed by atoms with Crippen molar-refractivity contribution in [3.63, 3.8) is 0 Å². The van der Waals surface area contributed by atoms with Crippen LogP contribution >= 0.6 is 0 Å². The highest BCUT2D eigenvalue weighted by atomic mass is 15.3. The molecule has 0 bridgehead atoms. The van der Waals surface area contributed by atoms with E-state index in [2.05, 4.69) is 61.1 Å². The van der Waals surface area contributed by atoms with Crippen molar-refractivity contribution in [3.8, 4) is 0 Å². The number of likely N-dealkylation sites (N-methyl/N-ethyl adjacent to an activating group) is 1. The Morgan fingerprint density at radius 3 is 2.50 bits per heavy atom. The molecule has 1 aliphatic rings. The van der Waals surface area contributed by atoms with Crippen LogP contribution in [0, 0.1) is 0 Å². The summed E-state index contributed by atoms with van der Waals surface area (Å²) in [6.07, 6.45) is 0. The average molecular weight is 276 g/mol. The fourth-order valence-corrected chi connectivity index (χ4v) is 2.84. The summed E-state index contributed by atoms with van der Waals surface area (Å²) in [4.78, 5) is 9.74. The third kappa shape index (κ3) is 4.01. The molecule has 1 N–H and O–H groups in total. The van der Waals surface area contributed by atoms with E-state index >= 15 is 0 Å². The summed E-state index contributed by atoms with van der Waals surface area (Å²) < 4.78 is 0. The highest BCUT2D eigenvalue weighted by Gasteiger charge is 2.26. The maximum absolute atomic E-state index is 4.76. The van der Waals surface area contributed by atoms with Crippen molar-refractivity contribution in [1.29, 1.82) is 0 Å². The van der Waals surface area contributed by atoms with Gasteiger partial charge >= 0.3 is 0 Å². The molecule has 112 valence electrons. The third-order valence-electron chi connectivity index (χ3n) is 4.24. The summed E-state index contributed by atoms with van der Waals surface area (Å²) in [5.74, 6) is 0. The maximum atomic E-state index is 4.76. The van der Waals surface area contributed by atoms with Crippen molar-refractivity contribution in [2.24, 2.45) is 0 Å². The number of hydrogen-bond acceptors (Lipinski definition) is 4. The molecule has 2 rings (SSSR count). The second kappa shape index (κ2) is 7.16. The number of nitrogens with one attached hydrogen (secondary N) is 1. The fourth-order valence-electron chi connectivity index (χ4n) is 2.84. The standard InChI is InChI=1S/C16H28N4/c1-5-17-9-15-7-6-8-16(18-15)12-20-10-13(2)19(4)14(3)11-20/h6-8,13-14,17H,5,9-12H2,1-4H3. The Bertz CT molecular complexity index is 409. The predicted molar refractivity (Wildman–Crippen MR) is 83.6 cm³/mol. The monoisotopic (exact) mass is 276 g/mol. The Morgan fingerprint density at radius 2 is 1.85 bits per heavy atom. The van der Waals surface area contributed by atoms with E-state index in [1.54, 1.807) is 0 Å². The summed E-state index contributed by atoms with van der Waals surface area (Å²) in [5.41, 5.74) is 2.32. The van der Waals surface area contributed by atoms with Gasteiger partial charge in [-0.1, -0.05) is 13.0 Å². The molecule has 2 heterocycles. The molecular weight excluding hydrogens is 248 g/mol. The quantitative estimate of drug-likeness (QED) is 0.887. The van der Waals surface area contributed by atoms with Crippen LogP contribution in [0.2, 0.25) is 0 Å². The van der Waals surface area contributed by atoms with E-state index in [0.29, 0.717) is 12.1 Å². The van der Waals surface area contributed by atoms with Crippen LogP contribution in [-0.4, -0.2) is 53.5 Å². The minimum atomic E-state index is 0.615. The Kier molecular flexibility index (Phi) is 5.52. The van der Waals surface area contributed by atoms with Gasteiger partial charge in [-0.2, -0.15) is 0 Å².